The third kappa shape index (κ3) is 3.35. The molecule has 0 aliphatic rings. The number of carbonyl (C=O) groups is 1. The van der Waals surface area contributed by atoms with Gasteiger partial charge in [0.05, 0.1) is 0 Å². The van der Waals surface area contributed by atoms with E-state index in [1.165, 1.54) is 0 Å². The quantitative estimate of drug-likeness (QED) is 0.852. The lowest BCUT2D eigenvalue weighted by molar-refractivity contribution is 0.101. The molecule has 0 aromatic heterocycles. The minimum atomic E-state index is 0.0441. The second kappa shape index (κ2) is 5.57. The molecule has 3 nitrogen and oxygen atoms in total. The van der Waals surface area contributed by atoms with E-state index in [2.05, 4.69) is 0 Å². The van der Waals surface area contributed by atoms with Gasteiger partial charge in [0.2, 0.25) is 0 Å². The van der Waals surface area contributed by atoms with E-state index in [0.29, 0.717) is 12.2 Å². The predicted molar refractivity (Wildman–Crippen MR) is 73.6 cm³/mol. The number of phenolic OH excluding ortho intramolecular Hbond substituents is 1. The summed E-state index contributed by atoms with van der Waals surface area (Å²) >= 11 is 0. The van der Waals surface area contributed by atoms with Crippen LogP contribution in [0.1, 0.15) is 28.4 Å². The van der Waals surface area contributed by atoms with Gasteiger partial charge in [-0.2, -0.15) is 0 Å². The molecule has 0 saturated carbocycles. The van der Waals surface area contributed by atoms with Crippen LogP contribution in [-0.2, 0) is 6.61 Å². The molecule has 0 unspecified atom stereocenters. The summed E-state index contributed by atoms with van der Waals surface area (Å²) in [4.78, 5) is 11.3. The van der Waals surface area contributed by atoms with Crippen LogP contribution in [0, 0.1) is 6.92 Å². The van der Waals surface area contributed by atoms with E-state index >= 15 is 0 Å². The number of phenols is 1. The van der Waals surface area contributed by atoms with Gasteiger partial charge in [-0.15, -0.1) is 0 Å². The second-order valence-electron chi connectivity index (χ2n) is 4.50. The highest BCUT2D eigenvalue weighted by Crippen LogP contribution is 2.23. The van der Waals surface area contributed by atoms with Crippen molar-refractivity contribution < 1.29 is 14.6 Å². The number of rotatable bonds is 4. The summed E-state index contributed by atoms with van der Waals surface area (Å²) in [7, 11) is 0. The van der Waals surface area contributed by atoms with Gasteiger partial charge in [-0.1, -0.05) is 18.2 Å². The Balaban J connectivity index is 2.10. The lowest BCUT2D eigenvalue weighted by Crippen LogP contribution is -1.99. The fourth-order valence-electron chi connectivity index (χ4n) is 1.84. The zero-order chi connectivity index (χ0) is 13.8. The fraction of sp³-hybridized carbons (Fsp3) is 0.188. The first-order chi connectivity index (χ1) is 9.06. The first kappa shape index (κ1) is 13.1. The highest BCUT2D eigenvalue weighted by molar-refractivity contribution is 5.94. The molecule has 0 aliphatic carbocycles. The number of carbonyl (C=O) groups excluding carboxylic acids is 1. The van der Waals surface area contributed by atoms with Gasteiger partial charge in [0.1, 0.15) is 18.1 Å². The molecule has 0 heterocycles. The molecule has 0 atom stereocenters. The van der Waals surface area contributed by atoms with E-state index in [9.17, 15) is 9.90 Å². The van der Waals surface area contributed by atoms with Crippen LogP contribution in [0.3, 0.4) is 0 Å². The summed E-state index contributed by atoms with van der Waals surface area (Å²) in [5.74, 6) is 0.997. The summed E-state index contributed by atoms with van der Waals surface area (Å²) < 4.78 is 5.69. The molecule has 0 amide bonds. The smallest absolute Gasteiger partial charge is 0.159 e. The average Bonchev–Trinajstić information content (AvgIpc) is 2.38. The molecule has 0 bridgehead atoms. The van der Waals surface area contributed by atoms with Crippen molar-refractivity contribution in [1.82, 2.24) is 0 Å². The van der Waals surface area contributed by atoms with Crippen molar-refractivity contribution >= 4 is 5.78 Å². The van der Waals surface area contributed by atoms with Gasteiger partial charge in [-0.05, 0) is 49.2 Å². The van der Waals surface area contributed by atoms with E-state index in [0.717, 1.165) is 16.9 Å². The minimum absolute atomic E-state index is 0.0441. The molecule has 98 valence electrons. The Bertz CT molecular complexity index is 603. The summed E-state index contributed by atoms with van der Waals surface area (Å²) in [5.41, 5.74) is 2.51. The molecule has 0 aliphatic heterocycles. The summed E-state index contributed by atoms with van der Waals surface area (Å²) in [5, 5.41) is 9.33. The summed E-state index contributed by atoms with van der Waals surface area (Å²) in [6.07, 6.45) is 0. The van der Waals surface area contributed by atoms with Gasteiger partial charge in [-0.3, -0.25) is 4.79 Å². The van der Waals surface area contributed by atoms with Crippen molar-refractivity contribution in [1.29, 1.82) is 0 Å². The number of aromatic hydroxyl groups is 1. The van der Waals surface area contributed by atoms with E-state index in [1.54, 1.807) is 31.2 Å². The van der Waals surface area contributed by atoms with E-state index < -0.39 is 0 Å². The number of ketones is 1. The van der Waals surface area contributed by atoms with Crippen LogP contribution in [0.2, 0.25) is 0 Å². The van der Waals surface area contributed by atoms with Crippen LogP contribution in [0.5, 0.6) is 11.5 Å². The van der Waals surface area contributed by atoms with Gasteiger partial charge in [-0.25, -0.2) is 0 Å². The van der Waals surface area contributed by atoms with Gasteiger partial charge >= 0.3 is 0 Å². The molecular weight excluding hydrogens is 240 g/mol. The van der Waals surface area contributed by atoms with Crippen molar-refractivity contribution in [2.75, 3.05) is 0 Å². The van der Waals surface area contributed by atoms with Gasteiger partial charge < -0.3 is 9.84 Å². The van der Waals surface area contributed by atoms with Crippen LogP contribution in [0.4, 0.5) is 0 Å². The van der Waals surface area contributed by atoms with Crippen molar-refractivity contribution in [3.8, 4) is 11.5 Å². The van der Waals surface area contributed by atoms with E-state index in [1.807, 2.05) is 25.1 Å². The van der Waals surface area contributed by atoms with Crippen LogP contribution < -0.4 is 4.74 Å². The van der Waals surface area contributed by atoms with E-state index in [-0.39, 0.29) is 11.5 Å². The van der Waals surface area contributed by atoms with Gasteiger partial charge in [0.15, 0.2) is 5.78 Å². The maximum atomic E-state index is 11.3. The molecule has 2 aromatic rings. The first-order valence-corrected chi connectivity index (χ1v) is 6.08. The lowest BCUT2D eigenvalue weighted by Gasteiger charge is -2.10. The Kier molecular flexibility index (Phi) is 3.85. The number of aryl methyl sites for hydroxylation is 1. The normalized spacial score (nSPS) is 10.2. The highest BCUT2D eigenvalue weighted by Gasteiger charge is 2.03. The number of hydrogen-bond donors (Lipinski definition) is 1. The fourth-order valence-corrected chi connectivity index (χ4v) is 1.84. The Morgan fingerprint density at radius 1 is 1.21 bits per heavy atom. The van der Waals surface area contributed by atoms with Crippen molar-refractivity contribution in [2.45, 2.75) is 20.5 Å². The average molecular weight is 256 g/mol. The van der Waals surface area contributed by atoms with Crippen molar-refractivity contribution in [3.63, 3.8) is 0 Å². The number of ether oxygens (including phenoxy) is 1. The molecular formula is C16H16O3. The van der Waals surface area contributed by atoms with Crippen molar-refractivity contribution in [2.24, 2.45) is 0 Å². The molecule has 0 spiro atoms. The molecule has 0 saturated heterocycles. The minimum Gasteiger partial charge on any atom is -0.508 e. The molecule has 0 radical (unpaired) electrons. The van der Waals surface area contributed by atoms with Crippen LogP contribution in [0.15, 0.2) is 42.5 Å². The molecule has 3 heteroatoms. The second-order valence-corrected chi connectivity index (χ2v) is 4.50. The first-order valence-electron chi connectivity index (χ1n) is 6.08. The molecule has 19 heavy (non-hydrogen) atoms. The maximum Gasteiger partial charge on any atom is 0.159 e. The Hall–Kier alpha value is -2.29. The van der Waals surface area contributed by atoms with Crippen molar-refractivity contribution in [3.05, 3.63) is 59.2 Å². The van der Waals surface area contributed by atoms with Gasteiger partial charge in [0, 0.05) is 5.56 Å². The molecule has 2 rings (SSSR count). The largest absolute Gasteiger partial charge is 0.508 e. The Morgan fingerprint density at radius 2 is 2.00 bits per heavy atom. The number of hydrogen-bond acceptors (Lipinski definition) is 3. The summed E-state index contributed by atoms with van der Waals surface area (Å²) in [6.45, 7) is 3.82. The number of benzene rings is 2. The standard InChI is InChI=1S/C16H16O3/c1-11-8-15(18)6-7-16(11)19-10-13-4-3-5-14(9-13)12(2)17/h3-9,18H,10H2,1-2H3. The lowest BCUT2D eigenvalue weighted by atomic mass is 10.1. The van der Waals surface area contributed by atoms with Crippen LogP contribution in [-0.4, -0.2) is 10.9 Å². The summed E-state index contributed by atoms with van der Waals surface area (Å²) in [6, 6.07) is 12.4. The SMILES string of the molecule is CC(=O)c1cccc(COc2ccc(O)cc2C)c1. The maximum absolute atomic E-state index is 11.3. The molecule has 2 aromatic carbocycles. The monoisotopic (exact) mass is 256 g/mol. The topological polar surface area (TPSA) is 46.5 Å². The third-order valence-electron chi connectivity index (χ3n) is 2.89. The zero-order valence-electron chi connectivity index (χ0n) is 11.0. The molecule has 1 N–H and O–H groups in total. The number of Topliss-reactive ketones (excluding diaryl/α,β-unsaturated/α-hetero) is 1. The van der Waals surface area contributed by atoms with Crippen LogP contribution >= 0.6 is 0 Å². The Morgan fingerprint density at radius 3 is 2.68 bits per heavy atom. The van der Waals surface area contributed by atoms with E-state index in [4.69, 9.17) is 4.74 Å². The zero-order valence-corrected chi connectivity index (χ0v) is 11.0. The Labute approximate surface area is 112 Å². The third-order valence-corrected chi connectivity index (χ3v) is 2.89. The highest BCUT2D eigenvalue weighted by atomic mass is 16.5. The molecule has 0 fully saturated rings. The predicted octanol–water partition coefficient (Wildman–Crippen LogP) is 3.48. The van der Waals surface area contributed by atoms with Gasteiger partial charge in [0.25, 0.3) is 0 Å². The van der Waals surface area contributed by atoms with Crippen LogP contribution in [0.25, 0.3) is 0 Å².